The van der Waals surface area contributed by atoms with Gasteiger partial charge in [0.25, 0.3) is 0 Å². The van der Waals surface area contributed by atoms with Crippen molar-refractivity contribution < 1.29 is 19.7 Å². The van der Waals surface area contributed by atoms with Gasteiger partial charge in [0.2, 0.25) is 0 Å². The molecule has 0 aliphatic carbocycles. The van der Waals surface area contributed by atoms with Crippen molar-refractivity contribution in [3.05, 3.63) is 23.3 Å². The summed E-state index contributed by atoms with van der Waals surface area (Å²) >= 11 is 0. The molecule has 0 saturated heterocycles. The lowest BCUT2D eigenvalue weighted by atomic mass is 9.88. The molecule has 0 bridgehead atoms. The number of carbonyl (C=O) groups is 1. The highest BCUT2D eigenvalue weighted by atomic mass is 16.5. The lowest BCUT2D eigenvalue weighted by Crippen LogP contribution is -2.50. The molecule has 0 saturated carbocycles. The summed E-state index contributed by atoms with van der Waals surface area (Å²) in [5.74, 6) is 0.587. The van der Waals surface area contributed by atoms with Crippen LogP contribution in [-0.2, 0) is 11.2 Å². The van der Waals surface area contributed by atoms with Crippen molar-refractivity contribution in [3.8, 4) is 11.5 Å². The zero-order valence-electron chi connectivity index (χ0n) is 10.9. The molecule has 98 valence electrons. The van der Waals surface area contributed by atoms with E-state index < -0.39 is 11.7 Å². The number of rotatable bonds is 2. The number of phenols is 1. The first-order valence-corrected chi connectivity index (χ1v) is 6.05. The molecule has 1 heterocycles. The van der Waals surface area contributed by atoms with Crippen LogP contribution in [0.5, 0.6) is 11.5 Å². The van der Waals surface area contributed by atoms with E-state index in [-0.39, 0.29) is 11.5 Å². The van der Waals surface area contributed by atoms with Gasteiger partial charge in [0.15, 0.2) is 11.4 Å². The van der Waals surface area contributed by atoms with Crippen LogP contribution >= 0.6 is 0 Å². The molecule has 4 nitrogen and oxygen atoms in total. The minimum atomic E-state index is -1.47. The molecule has 0 aromatic heterocycles. The van der Waals surface area contributed by atoms with Crippen LogP contribution in [0, 0.1) is 6.92 Å². The van der Waals surface area contributed by atoms with Gasteiger partial charge in [0.1, 0.15) is 17.6 Å². The van der Waals surface area contributed by atoms with E-state index in [1.807, 2.05) is 0 Å². The molecular formula is C14H18O4. The summed E-state index contributed by atoms with van der Waals surface area (Å²) in [4.78, 5) is 11.4. The largest absolute Gasteiger partial charge is 0.508 e. The SMILES string of the molecule is CC(=O)[C@@](C)(O)[C@H]1CCc2cc(O)c(C)cc2O1. The second-order valence-corrected chi connectivity index (χ2v) is 5.10. The second kappa shape index (κ2) is 4.28. The maximum atomic E-state index is 11.4. The fourth-order valence-corrected chi connectivity index (χ4v) is 2.14. The molecule has 0 fully saturated rings. The smallest absolute Gasteiger partial charge is 0.164 e. The Kier molecular flexibility index (Phi) is 3.07. The van der Waals surface area contributed by atoms with E-state index in [0.717, 1.165) is 11.1 Å². The number of ether oxygens (including phenoxy) is 1. The van der Waals surface area contributed by atoms with Gasteiger partial charge in [-0.25, -0.2) is 0 Å². The topological polar surface area (TPSA) is 66.8 Å². The van der Waals surface area contributed by atoms with Crippen LogP contribution in [0.15, 0.2) is 12.1 Å². The van der Waals surface area contributed by atoms with Crippen LogP contribution in [0.4, 0.5) is 0 Å². The number of hydrogen-bond acceptors (Lipinski definition) is 4. The van der Waals surface area contributed by atoms with E-state index in [1.165, 1.54) is 13.8 Å². The Balaban J connectivity index is 2.30. The third-order valence-electron chi connectivity index (χ3n) is 3.66. The average molecular weight is 250 g/mol. The highest BCUT2D eigenvalue weighted by molar-refractivity contribution is 5.85. The van der Waals surface area contributed by atoms with Gasteiger partial charge in [-0.3, -0.25) is 4.79 Å². The molecular weight excluding hydrogens is 232 g/mol. The van der Waals surface area contributed by atoms with Crippen LogP contribution in [0.25, 0.3) is 0 Å². The highest BCUT2D eigenvalue weighted by Gasteiger charge is 2.40. The molecule has 0 radical (unpaired) electrons. The predicted molar refractivity (Wildman–Crippen MR) is 66.9 cm³/mol. The first-order chi connectivity index (χ1) is 8.32. The Bertz CT molecular complexity index is 491. The van der Waals surface area contributed by atoms with E-state index >= 15 is 0 Å². The summed E-state index contributed by atoms with van der Waals surface area (Å²) in [5, 5.41) is 19.8. The summed E-state index contributed by atoms with van der Waals surface area (Å²) in [6.07, 6.45) is 0.700. The van der Waals surface area contributed by atoms with Crippen LogP contribution in [-0.4, -0.2) is 27.7 Å². The number of ketones is 1. The molecule has 2 atom stereocenters. The summed E-state index contributed by atoms with van der Waals surface area (Å²) in [6.45, 7) is 4.63. The van der Waals surface area contributed by atoms with Gasteiger partial charge < -0.3 is 14.9 Å². The standard InChI is InChI=1S/C14H18O4/c1-8-6-12-10(7-11(8)16)4-5-13(18-12)14(3,17)9(2)15/h6-7,13,16-17H,4-5H2,1-3H3/t13-,14-/m1/s1. The summed E-state index contributed by atoms with van der Waals surface area (Å²) in [5.41, 5.74) is 0.161. The van der Waals surface area contributed by atoms with E-state index in [1.54, 1.807) is 19.1 Å². The van der Waals surface area contributed by atoms with Gasteiger partial charge in [0, 0.05) is 0 Å². The molecule has 4 heteroatoms. The number of benzene rings is 1. The van der Waals surface area contributed by atoms with Crippen molar-refractivity contribution in [1.29, 1.82) is 0 Å². The predicted octanol–water partition coefficient (Wildman–Crippen LogP) is 1.73. The Morgan fingerprint density at radius 3 is 2.78 bits per heavy atom. The van der Waals surface area contributed by atoms with Gasteiger partial charge in [-0.05, 0) is 56.9 Å². The van der Waals surface area contributed by atoms with Gasteiger partial charge in [-0.2, -0.15) is 0 Å². The fourth-order valence-electron chi connectivity index (χ4n) is 2.14. The quantitative estimate of drug-likeness (QED) is 0.839. The molecule has 0 unspecified atom stereocenters. The minimum absolute atomic E-state index is 0.245. The Hall–Kier alpha value is -1.55. The van der Waals surface area contributed by atoms with Crippen molar-refractivity contribution >= 4 is 5.78 Å². The zero-order valence-corrected chi connectivity index (χ0v) is 10.9. The van der Waals surface area contributed by atoms with Crippen LogP contribution in [0.1, 0.15) is 31.4 Å². The van der Waals surface area contributed by atoms with Gasteiger partial charge >= 0.3 is 0 Å². The lowest BCUT2D eigenvalue weighted by molar-refractivity contribution is -0.144. The number of aliphatic hydroxyl groups is 1. The number of fused-ring (bicyclic) bond motifs is 1. The van der Waals surface area contributed by atoms with E-state index in [9.17, 15) is 15.0 Å². The highest BCUT2D eigenvalue weighted by Crippen LogP contribution is 2.35. The molecule has 2 N–H and O–H groups in total. The Morgan fingerprint density at radius 1 is 1.50 bits per heavy atom. The van der Waals surface area contributed by atoms with Crippen molar-refractivity contribution in [2.24, 2.45) is 0 Å². The van der Waals surface area contributed by atoms with Gasteiger partial charge in [-0.1, -0.05) is 0 Å². The monoisotopic (exact) mass is 250 g/mol. The first kappa shape index (κ1) is 12.9. The zero-order chi connectivity index (χ0) is 13.5. The molecule has 1 aliphatic rings. The normalized spacial score (nSPS) is 21.7. The maximum Gasteiger partial charge on any atom is 0.164 e. The maximum absolute atomic E-state index is 11.4. The molecule has 1 aliphatic heterocycles. The summed E-state index contributed by atoms with van der Waals surface area (Å²) in [6, 6.07) is 3.43. The molecule has 18 heavy (non-hydrogen) atoms. The van der Waals surface area contributed by atoms with Crippen LogP contribution in [0.3, 0.4) is 0 Å². The number of hydrogen-bond donors (Lipinski definition) is 2. The van der Waals surface area contributed by atoms with Crippen LogP contribution < -0.4 is 4.74 Å². The Morgan fingerprint density at radius 2 is 2.17 bits per heavy atom. The number of carbonyl (C=O) groups excluding carboxylic acids is 1. The van der Waals surface area contributed by atoms with Crippen molar-refractivity contribution in [2.75, 3.05) is 0 Å². The number of aryl methyl sites for hydroxylation is 2. The van der Waals surface area contributed by atoms with Gasteiger partial charge in [-0.15, -0.1) is 0 Å². The van der Waals surface area contributed by atoms with Crippen molar-refractivity contribution in [2.45, 2.75) is 45.3 Å². The number of aromatic hydroxyl groups is 1. The van der Waals surface area contributed by atoms with Crippen molar-refractivity contribution in [1.82, 2.24) is 0 Å². The first-order valence-electron chi connectivity index (χ1n) is 6.05. The van der Waals surface area contributed by atoms with Crippen molar-refractivity contribution in [3.63, 3.8) is 0 Å². The molecule has 1 aromatic carbocycles. The second-order valence-electron chi connectivity index (χ2n) is 5.10. The van der Waals surface area contributed by atoms with Gasteiger partial charge in [0.05, 0.1) is 0 Å². The summed E-state index contributed by atoms with van der Waals surface area (Å²) < 4.78 is 5.71. The van der Waals surface area contributed by atoms with E-state index in [0.29, 0.717) is 18.6 Å². The lowest BCUT2D eigenvalue weighted by Gasteiger charge is -2.35. The Labute approximate surface area is 106 Å². The minimum Gasteiger partial charge on any atom is -0.508 e. The summed E-state index contributed by atoms with van der Waals surface area (Å²) in [7, 11) is 0. The average Bonchev–Trinajstić information content (AvgIpc) is 2.29. The third kappa shape index (κ3) is 2.08. The molecule has 1 aromatic rings. The molecule has 2 rings (SSSR count). The fraction of sp³-hybridized carbons (Fsp3) is 0.500. The van der Waals surface area contributed by atoms with Crippen LogP contribution in [0.2, 0.25) is 0 Å². The van der Waals surface area contributed by atoms with E-state index in [4.69, 9.17) is 4.74 Å². The molecule has 0 amide bonds. The number of phenolic OH excluding ortho intramolecular Hbond substituents is 1. The van der Waals surface area contributed by atoms with E-state index in [2.05, 4.69) is 0 Å². The third-order valence-corrected chi connectivity index (χ3v) is 3.66. The molecule has 0 spiro atoms. The number of Topliss-reactive ketones (excluding diaryl/α,β-unsaturated/α-hetero) is 1.